The predicted molar refractivity (Wildman–Crippen MR) is 140 cm³/mol. The van der Waals surface area contributed by atoms with Crippen LogP contribution in [-0.4, -0.2) is 38.5 Å². The second kappa shape index (κ2) is 12.3. The van der Waals surface area contributed by atoms with Gasteiger partial charge in [0.2, 0.25) is 17.7 Å². The third-order valence-corrected chi connectivity index (χ3v) is 6.23. The molecule has 0 aliphatic rings. The molecule has 1 N–H and O–H groups in total. The lowest BCUT2D eigenvalue weighted by atomic mass is 10.0. The van der Waals surface area contributed by atoms with Crippen molar-refractivity contribution in [3.63, 3.8) is 0 Å². The Kier molecular flexibility index (Phi) is 8.66. The number of aryl methyl sites for hydroxylation is 1. The van der Waals surface area contributed by atoms with Crippen molar-refractivity contribution in [3.8, 4) is 17.2 Å². The first kappa shape index (κ1) is 26.1. The van der Waals surface area contributed by atoms with Crippen molar-refractivity contribution in [3.05, 3.63) is 60.4 Å². The normalized spacial score (nSPS) is 12.0. The third-order valence-electron chi connectivity index (χ3n) is 6.23. The van der Waals surface area contributed by atoms with E-state index in [0.717, 1.165) is 35.9 Å². The van der Waals surface area contributed by atoms with Gasteiger partial charge >= 0.3 is 0 Å². The van der Waals surface area contributed by atoms with Crippen molar-refractivity contribution in [1.82, 2.24) is 25.1 Å². The number of oxazole rings is 1. The van der Waals surface area contributed by atoms with E-state index in [1.807, 2.05) is 50.2 Å². The number of benzene rings is 1. The number of nitrogens with zero attached hydrogens (tertiary/aromatic N) is 4. The Morgan fingerprint density at radius 2 is 2.00 bits per heavy atom. The van der Waals surface area contributed by atoms with Crippen LogP contribution in [0.1, 0.15) is 63.1 Å². The maximum atomic E-state index is 12.8. The van der Waals surface area contributed by atoms with E-state index in [2.05, 4.69) is 20.4 Å². The molecule has 1 aromatic carbocycles. The molecule has 0 saturated carbocycles. The van der Waals surface area contributed by atoms with Gasteiger partial charge in [0.25, 0.3) is 0 Å². The molecule has 4 rings (SSSR count). The molecule has 3 heterocycles. The molecule has 0 radical (unpaired) electrons. The van der Waals surface area contributed by atoms with Crippen LogP contribution in [0.2, 0.25) is 0 Å². The van der Waals surface area contributed by atoms with Gasteiger partial charge in [0, 0.05) is 24.4 Å². The minimum atomic E-state index is -0.417. The van der Waals surface area contributed by atoms with Crippen LogP contribution in [0.3, 0.4) is 0 Å². The number of rotatable bonds is 13. The van der Waals surface area contributed by atoms with Crippen molar-refractivity contribution in [2.75, 3.05) is 7.11 Å². The van der Waals surface area contributed by atoms with Gasteiger partial charge in [0.15, 0.2) is 5.76 Å². The standard InChI is InChI=1S/C28H33N5O4/c1-4-21(34)11-6-5-7-13-24(30-26(35)18-33-15-14-19(2)32-33)28-29-17-25(37-28)22-16-20-10-8-9-12-23(20)31-27(22)36-3/h8-10,12,14-17,24H,4-7,11,13,18H2,1-3H3,(H,30,35). The summed E-state index contributed by atoms with van der Waals surface area (Å²) in [5.41, 5.74) is 2.36. The Labute approximate surface area is 216 Å². The largest absolute Gasteiger partial charge is 0.480 e. The Morgan fingerprint density at radius 1 is 1.16 bits per heavy atom. The number of carbonyl (C=O) groups excluding carboxylic acids is 2. The fourth-order valence-corrected chi connectivity index (χ4v) is 4.22. The van der Waals surface area contributed by atoms with Gasteiger partial charge in [-0.05, 0) is 38.0 Å². The zero-order valence-electron chi connectivity index (χ0n) is 21.6. The number of hydrogen-bond donors (Lipinski definition) is 1. The number of Topliss-reactive ketones (excluding diaryl/α,β-unsaturated/α-hetero) is 1. The summed E-state index contributed by atoms with van der Waals surface area (Å²) in [5.74, 6) is 1.46. The summed E-state index contributed by atoms with van der Waals surface area (Å²) in [5, 5.41) is 8.30. The highest BCUT2D eigenvalue weighted by molar-refractivity contribution is 5.85. The lowest BCUT2D eigenvalue weighted by Crippen LogP contribution is -2.32. The number of unbranched alkanes of at least 4 members (excludes halogenated alkanes) is 2. The van der Waals surface area contributed by atoms with Crippen LogP contribution < -0.4 is 10.1 Å². The third kappa shape index (κ3) is 6.81. The Bertz CT molecular complexity index is 1360. The first-order valence-corrected chi connectivity index (χ1v) is 12.7. The quantitative estimate of drug-likeness (QED) is 0.250. The number of ether oxygens (including phenoxy) is 1. The van der Waals surface area contributed by atoms with Crippen molar-refractivity contribution in [2.24, 2.45) is 0 Å². The van der Waals surface area contributed by atoms with Crippen LogP contribution in [0.5, 0.6) is 5.88 Å². The van der Waals surface area contributed by atoms with E-state index in [0.29, 0.717) is 42.4 Å². The van der Waals surface area contributed by atoms with Gasteiger partial charge in [0.05, 0.1) is 30.1 Å². The number of pyridine rings is 1. The second-order valence-corrected chi connectivity index (χ2v) is 9.07. The molecule has 194 valence electrons. The van der Waals surface area contributed by atoms with Crippen molar-refractivity contribution < 1.29 is 18.7 Å². The van der Waals surface area contributed by atoms with E-state index in [1.54, 1.807) is 24.2 Å². The minimum Gasteiger partial charge on any atom is -0.480 e. The highest BCUT2D eigenvalue weighted by Crippen LogP contribution is 2.33. The molecule has 0 aliphatic heterocycles. The number of methoxy groups -OCH3 is 1. The fourth-order valence-electron chi connectivity index (χ4n) is 4.22. The van der Waals surface area contributed by atoms with Crippen LogP contribution >= 0.6 is 0 Å². The number of amides is 1. The summed E-state index contributed by atoms with van der Waals surface area (Å²) in [4.78, 5) is 33.6. The van der Waals surface area contributed by atoms with Gasteiger partial charge in [-0.25, -0.2) is 9.97 Å². The molecule has 4 aromatic rings. The summed E-state index contributed by atoms with van der Waals surface area (Å²) in [7, 11) is 1.57. The molecule has 9 nitrogen and oxygen atoms in total. The van der Waals surface area contributed by atoms with E-state index in [9.17, 15) is 9.59 Å². The minimum absolute atomic E-state index is 0.103. The Morgan fingerprint density at radius 3 is 2.76 bits per heavy atom. The van der Waals surface area contributed by atoms with E-state index in [-0.39, 0.29) is 18.2 Å². The number of fused-ring (bicyclic) bond motifs is 1. The Balaban J connectivity index is 1.52. The monoisotopic (exact) mass is 503 g/mol. The van der Waals surface area contributed by atoms with Crippen molar-refractivity contribution >= 4 is 22.6 Å². The Hall–Kier alpha value is -4.01. The van der Waals surface area contributed by atoms with Crippen molar-refractivity contribution in [1.29, 1.82) is 0 Å². The molecule has 9 heteroatoms. The average Bonchev–Trinajstić information content (AvgIpc) is 3.55. The van der Waals surface area contributed by atoms with Gasteiger partial charge in [-0.2, -0.15) is 5.10 Å². The molecular weight excluding hydrogens is 470 g/mol. The topological polar surface area (TPSA) is 112 Å². The highest BCUT2D eigenvalue weighted by atomic mass is 16.5. The number of para-hydroxylation sites is 1. The summed E-state index contributed by atoms with van der Waals surface area (Å²) >= 11 is 0. The zero-order chi connectivity index (χ0) is 26.2. The maximum Gasteiger partial charge on any atom is 0.242 e. The van der Waals surface area contributed by atoms with E-state index < -0.39 is 6.04 Å². The van der Waals surface area contributed by atoms with Crippen LogP contribution in [0.25, 0.3) is 22.2 Å². The SMILES string of the molecule is CCC(=O)CCCCCC(NC(=O)Cn1ccc(C)n1)c1ncc(-c2cc3ccccc3nc2OC)o1. The number of hydrogen-bond acceptors (Lipinski definition) is 7. The fraction of sp³-hybridized carbons (Fsp3) is 0.393. The molecule has 1 atom stereocenters. The maximum absolute atomic E-state index is 12.8. The second-order valence-electron chi connectivity index (χ2n) is 9.07. The molecule has 0 aliphatic carbocycles. The van der Waals surface area contributed by atoms with Crippen LogP contribution in [-0.2, 0) is 16.1 Å². The summed E-state index contributed by atoms with van der Waals surface area (Å²) < 4.78 is 13.3. The number of carbonyl (C=O) groups is 2. The summed E-state index contributed by atoms with van der Waals surface area (Å²) in [6.45, 7) is 3.87. The van der Waals surface area contributed by atoms with Gasteiger partial charge < -0.3 is 14.5 Å². The summed E-state index contributed by atoms with van der Waals surface area (Å²) in [6, 6.07) is 11.2. The average molecular weight is 504 g/mol. The molecule has 37 heavy (non-hydrogen) atoms. The molecule has 0 fully saturated rings. The van der Waals surface area contributed by atoms with Gasteiger partial charge in [-0.1, -0.05) is 38.0 Å². The first-order chi connectivity index (χ1) is 18.0. The van der Waals surface area contributed by atoms with E-state index >= 15 is 0 Å². The molecule has 1 unspecified atom stereocenters. The molecule has 0 spiro atoms. The molecular formula is C28H33N5O4. The van der Waals surface area contributed by atoms with Crippen LogP contribution in [0, 0.1) is 6.92 Å². The van der Waals surface area contributed by atoms with E-state index in [1.165, 1.54) is 0 Å². The van der Waals surface area contributed by atoms with Crippen LogP contribution in [0.15, 0.2) is 53.2 Å². The molecule has 0 bridgehead atoms. The lowest BCUT2D eigenvalue weighted by molar-refractivity contribution is -0.123. The number of aromatic nitrogens is 4. The lowest BCUT2D eigenvalue weighted by Gasteiger charge is -2.16. The number of ketones is 1. The summed E-state index contributed by atoms with van der Waals surface area (Å²) in [6.07, 6.45) is 7.74. The molecule has 3 aromatic heterocycles. The van der Waals surface area contributed by atoms with E-state index in [4.69, 9.17) is 9.15 Å². The van der Waals surface area contributed by atoms with Gasteiger partial charge in [-0.15, -0.1) is 0 Å². The molecule has 1 amide bonds. The molecule has 0 saturated heterocycles. The van der Waals surface area contributed by atoms with Crippen LogP contribution in [0.4, 0.5) is 0 Å². The number of nitrogens with one attached hydrogen (secondary N) is 1. The van der Waals surface area contributed by atoms with Gasteiger partial charge in [-0.3, -0.25) is 14.3 Å². The van der Waals surface area contributed by atoms with Gasteiger partial charge in [0.1, 0.15) is 18.4 Å². The first-order valence-electron chi connectivity index (χ1n) is 12.7. The smallest absolute Gasteiger partial charge is 0.242 e. The zero-order valence-corrected chi connectivity index (χ0v) is 21.6. The predicted octanol–water partition coefficient (Wildman–Crippen LogP) is 5.19. The van der Waals surface area contributed by atoms with Crippen molar-refractivity contribution in [2.45, 2.75) is 65.0 Å². The highest BCUT2D eigenvalue weighted by Gasteiger charge is 2.22.